The van der Waals surface area contributed by atoms with Crippen molar-refractivity contribution in [2.24, 2.45) is 5.92 Å². The van der Waals surface area contributed by atoms with Gasteiger partial charge in [-0.3, -0.25) is 4.90 Å². The molecule has 0 radical (unpaired) electrons. The minimum Gasteiger partial charge on any atom is -0.317 e. The predicted molar refractivity (Wildman–Crippen MR) is 83.0 cm³/mol. The van der Waals surface area contributed by atoms with Gasteiger partial charge in [0.1, 0.15) is 0 Å². The topological polar surface area (TPSA) is 15.3 Å². The quantitative estimate of drug-likeness (QED) is 0.889. The summed E-state index contributed by atoms with van der Waals surface area (Å²) >= 11 is 12.2. The lowest BCUT2D eigenvalue weighted by atomic mass is 9.97. The largest absolute Gasteiger partial charge is 0.317 e. The van der Waals surface area contributed by atoms with Gasteiger partial charge in [0.05, 0.1) is 0 Å². The number of benzene rings is 1. The molecule has 0 atom stereocenters. The fraction of sp³-hybridized carbons (Fsp3) is 0.600. The summed E-state index contributed by atoms with van der Waals surface area (Å²) in [5.41, 5.74) is 1.17. The molecule has 4 heteroatoms. The van der Waals surface area contributed by atoms with Crippen LogP contribution in [0.5, 0.6) is 0 Å². The lowest BCUT2D eigenvalue weighted by Crippen LogP contribution is -2.35. The van der Waals surface area contributed by atoms with E-state index in [1.165, 1.54) is 18.4 Å². The zero-order chi connectivity index (χ0) is 13.7. The normalized spacial score (nSPS) is 17.1. The molecule has 1 aliphatic heterocycles. The van der Waals surface area contributed by atoms with Crippen molar-refractivity contribution in [2.75, 3.05) is 26.2 Å². The van der Waals surface area contributed by atoms with E-state index in [4.69, 9.17) is 23.2 Å². The highest BCUT2D eigenvalue weighted by atomic mass is 35.5. The van der Waals surface area contributed by atoms with Gasteiger partial charge in [-0.15, -0.1) is 0 Å². The Kier molecular flexibility index (Phi) is 5.96. The Morgan fingerprint density at radius 1 is 1.26 bits per heavy atom. The predicted octanol–water partition coefficient (Wildman–Crippen LogP) is 3.81. The van der Waals surface area contributed by atoms with E-state index in [-0.39, 0.29) is 0 Å². The van der Waals surface area contributed by atoms with Gasteiger partial charge in [0.2, 0.25) is 0 Å². The summed E-state index contributed by atoms with van der Waals surface area (Å²) in [4.78, 5) is 2.48. The van der Waals surface area contributed by atoms with E-state index in [2.05, 4.69) is 17.1 Å². The Bertz CT molecular complexity index is 403. The Hall–Kier alpha value is -0.280. The number of nitrogens with one attached hydrogen (secondary N) is 1. The smallest absolute Gasteiger partial charge is 0.0465 e. The van der Waals surface area contributed by atoms with Crippen molar-refractivity contribution >= 4 is 23.2 Å². The highest BCUT2D eigenvalue weighted by molar-refractivity contribution is 6.35. The van der Waals surface area contributed by atoms with Gasteiger partial charge in [-0.25, -0.2) is 0 Å². The van der Waals surface area contributed by atoms with Crippen molar-refractivity contribution in [3.05, 3.63) is 33.8 Å². The van der Waals surface area contributed by atoms with Crippen molar-refractivity contribution in [3.8, 4) is 0 Å². The monoisotopic (exact) mass is 300 g/mol. The molecule has 0 spiro atoms. The van der Waals surface area contributed by atoms with Crippen molar-refractivity contribution in [1.29, 1.82) is 0 Å². The molecule has 0 aliphatic carbocycles. The number of nitrogens with zero attached hydrogens (tertiary/aromatic N) is 1. The maximum absolute atomic E-state index is 6.25. The van der Waals surface area contributed by atoms with Crippen LogP contribution < -0.4 is 5.32 Å². The minimum atomic E-state index is 0.704. The molecule has 1 aromatic carbocycles. The van der Waals surface area contributed by atoms with Crippen LogP contribution in [-0.2, 0) is 6.54 Å². The highest BCUT2D eigenvalue weighted by Gasteiger charge is 2.17. The van der Waals surface area contributed by atoms with Crippen LogP contribution in [0.3, 0.4) is 0 Å². The number of hydrogen-bond donors (Lipinski definition) is 1. The first kappa shape index (κ1) is 15.1. The maximum Gasteiger partial charge on any atom is 0.0465 e. The molecule has 2 nitrogen and oxygen atoms in total. The van der Waals surface area contributed by atoms with Crippen LogP contribution in [0.15, 0.2) is 18.2 Å². The molecule has 1 aliphatic rings. The van der Waals surface area contributed by atoms with Gasteiger partial charge in [0, 0.05) is 23.1 Å². The fourth-order valence-corrected chi connectivity index (χ4v) is 3.09. The van der Waals surface area contributed by atoms with E-state index in [9.17, 15) is 0 Å². The van der Waals surface area contributed by atoms with Crippen molar-refractivity contribution < 1.29 is 0 Å². The molecule has 0 bridgehead atoms. The van der Waals surface area contributed by atoms with Crippen LogP contribution in [0.4, 0.5) is 0 Å². The summed E-state index contributed by atoms with van der Waals surface area (Å²) in [5.74, 6) is 0.812. The van der Waals surface area contributed by atoms with Crippen LogP contribution in [0, 0.1) is 5.92 Å². The molecule has 2 rings (SSSR count). The van der Waals surface area contributed by atoms with E-state index < -0.39 is 0 Å². The summed E-state index contributed by atoms with van der Waals surface area (Å²) in [6.07, 6.45) is 2.57. The number of piperidine rings is 1. The van der Waals surface area contributed by atoms with Gasteiger partial charge < -0.3 is 5.32 Å². The van der Waals surface area contributed by atoms with Gasteiger partial charge in [0.25, 0.3) is 0 Å². The number of rotatable bonds is 5. The SMILES string of the molecule is CCN(Cc1ccc(Cl)cc1Cl)CC1CCNCC1. The lowest BCUT2D eigenvalue weighted by molar-refractivity contribution is 0.207. The summed E-state index contributed by atoms with van der Waals surface area (Å²) in [6.45, 7) is 7.66. The number of halogens is 2. The van der Waals surface area contributed by atoms with Gasteiger partial charge >= 0.3 is 0 Å². The molecule has 1 N–H and O–H groups in total. The zero-order valence-electron chi connectivity index (χ0n) is 11.5. The highest BCUT2D eigenvalue weighted by Crippen LogP contribution is 2.23. The standard InChI is InChI=1S/C15H22Cl2N2/c1-2-19(10-12-5-7-18-8-6-12)11-13-3-4-14(16)9-15(13)17/h3-4,9,12,18H,2,5-8,10-11H2,1H3. The molecular weight excluding hydrogens is 279 g/mol. The Balaban J connectivity index is 1.94. The molecule has 0 unspecified atom stereocenters. The third kappa shape index (κ3) is 4.64. The Labute approximate surface area is 126 Å². The average molecular weight is 301 g/mol. The first-order valence-corrected chi connectivity index (χ1v) is 7.81. The number of hydrogen-bond acceptors (Lipinski definition) is 2. The molecule has 19 heavy (non-hydrogen) atoms. The van der Waals surface area contributed by atoms with Crippen LogP contribution in [0.25, 0.3) is 0 Å². The van der Waals surface area contributed by atoms with Crippen molar-refractivity contribution in [3.63, 3.8) is 0 Å². The van der Waals surface area contributed by atoms with Gasteiger partial charge in [0.15, 0.2) is 0 Å². The summed E-state index contributed by atoms with van der Waals surface area (Å²) in [6, 6.07) is 5.79. The van der Waals surface area contributed by atoms with Gasteiger partial charge in [-0.2, -0.15) is 0 Å². The molecule has 1 saturated heterocycles. The van der Waals surface area contributed by atoms with E-state index in [1.807, 2.05) is 18.2 Å². The molecule has 106 valence electrons. The molecular formula is C15H22Cl2N2. The summed E-state index contributed by atoms with van der Waals surface area (Å²) < 4.78 is 0. The third-order valence-corrected chi connectivity index (χ3v) is 4.42. The first-order chi connectivity index (χ1) is 9.19. The zero-order valence-corrected chi connectivity index (χ0v) is 13.0. The van der Waals surface area contributed by atoms with Crippen molar-refractivity contribution in [1.82, 2.24) is 10.2 Å². The van der Waals surface area contributed by atoms with Gasteiger partial charge in [-0.1, -0.05) is 36.2 Å². The average Bonchev–Trinajstić information content (AvgIpc) is 2.42. The van der Waals surface area contributed by atoms with Crippen LogP contribution in [-0.4, -0.2) is 31.1 Å². The summed E-state index contributed by atoms with van der Waals surface area (Å²) in [7, 11) is 0. The molecule has 0 aromatic heterocycles. The molecule has 0 amide bonds. The van der Waals surface area contributed by atoms with E-state index >= 15 is 0 Å². The Morgan fingerprint density at radius 3 is 2.63 bits per heavy atom. The van der Waals surface area contributed by atoms with Gasteiger partial charge in [-0.05, 0) is 56.1 Å². The first-order valence-electron chi connectivity index (χ1n) is 7.06. The van der Waals surface area contributed by atoms with E-state index in [0.717, 1.165) is 43.7 Å². The van der Waals surface area contributed by atoms with Crippen molar-refractivity contribution in [2.45, 2.75) is 26.3 Å². The van der Waals surface area contributed by atoms with E-state index in [0.29, 0.717) is 5.02 Å². The minimum absolute atomic E-state index is 0.704. The second-order valence-electron chi connectivity index (χ2n) is 5.26. The van der Waals surface area contributed by atoms with Crippen LogP contribution in [0.1, 0.15) is 25.3 Å². The third-order valence-electron chi connectivity index (χ3n) is 3.83. The second kappa shape index (κ2) is 7.49. The molecule has 1 heterocycles. The Morgan fingerprint density at radius 2 is 2.00 bits per heavy atom. The maximum atomic E-state index is 6.25. The fourth-order valence-electron chi connectivity index (χ4n) is 2.63. The molecule has 0 saturated carbocycles. The van der Waals surface area contributed by atoms with Crippen LogP contribution in [0.2, 0.25) is 10.0 Å². The second-order valence-corrected chi connectivity index (χ2v) is 6.10. The lowest BCUT2D eigenvalue weighted by Gasteiger charge is -2.29. The molecule has 1 fully saturated rings. The molecule has 1 aromatic rings. The van der Waals surface area contributed by atoms with Crippen LogP contribution >= 0.6 is 23.2 Å². The summed E-state index contributed by atoms with van der Waals surface area (Å²) in [5, 5.41) is 4.89. The van der Waals surface area contributed by atoms with E-state index in [1.54, 1.807) is 0 Å².